The Kier molecular flexibility index (Phi) is 2.02. The van der Waals surface area contributed by atoms with Crippen molar-refractivity contribution in [1.29, 1.82) is 0 Å². The third-order valence-corrected chi connectivity index (χ3v) is 1.91. The maximum atomic E-state index is 10.6. The first-order valence-corrected chi connectivity index (χ1v) is 4.09. The van der Waals surface area contributed by atoms with Crippen LogP contribution in [0.5, 0.6) is 0 Å². The highest BCUT2D eigenvalue weighted by Crippen LogP contribution is 2.18. The van der Waals surface area contributed by atoms with Gasteiger partial charge in [-0.2, -0.15) is 0 Å². The molecule has 2 aromatic rings. The van der Waals surface area contributed by atoms with Crippen LogP contribution in [0.4, 0.5) is 0 Å². The standard InChI is InChI=1S/C10H8N2O2/c13-10(14)9-4-8(6-12-9)7-2-1-3-11-5-7/h1-6,12H,(H,13,14). The van der Waals surface area contributed by atoms with Crippen molar-refractivity contribution in [3.63, 3.8) is 0 Å². The fraction of sp³-hybridized carbons (Fsp3) is 0. The number of nitrogens with one attached hydrogen (secondary N) is 1. The molecule has 0 aliphatic rings. The Balaban J connectivity index is 2.39. The number of aromatic amines is 1. The van der Waals surface area contributed by atoms with E-state index in [0.717, 1.165) is 11.1 Å². The number of carboxylic acids is 1. The lowest BCUT2D eigenvalue weighted by molar-refractivity contribution is 0.0691. The minimum Gasteiger partial charge on any atom is -0.477 e. The van der Waals surface area contributed by atoms with E-state index < -0.39 is 5.97 Å². The molecular formula is C10H8N2O2. The highest BCUT2D eigenvalue weighted by atomic mass is 16.4. The molecule has 2 aromatic heterocycles. The SMILES string of the molecule is O=C(O)c1cc(-c2cccnc2)c[nH]1. The summed E-state index contributed by atoms with van der Waals surface area (Å²) in [6.45, 7) is 0. The maximum absolute atomic E-state index is 10.6. The topological polar surface area (TPSA) is 66.0 Å². The Labute approximate surface area is 80.2 Å². The molecule has 0 fully saturated rings. The summed E-state index contributed by atoms with van der Waals surface area (Å²) in [5.74, 6) is -0.958. The number of carbonyl (C=O) groups is 1. The third kappa shape index (κ3) is 1.50. The van der Waals surface area contributed by atoms with Crippen LogP contribution in [-0.2, 0) is 0 Å². The van der Waals surface area contributed by atoms with Gasteiger partial charge in [-0.15, -0.1) is 0 Å². The van der Waals surface area contributed by atoms with Gasteiger partial charge in [0.15, 0.2) is 0 Å². The number of aromatic carboxylic acids is 1. The van der Waals surface area contributed by atoms with Crippen molar-refractivity contribution in [3.05, 3.63) is 42.5 Å². The van der Waals surface area contributed by atoms with Gasteiger partial charge < -0.3 is 10.1 Å². The van der Waals surface area contributed by atoms with Gasteiger partial charge >= 0.3 is 5.97 Å². The average Bonchev–Trinajstić information content (AvgIpc) is 2.68. The normalized spacial score (nSPS) is 10.0. The average molecular weight is 188 g/mol. The number of H-pyrrole nitrogens is 1. The van der Waals surface area contributed by atoms with Gasteiger partial charge in [-0.05, 0) is 12.1 Å². The molecule has 0 radical (unpaired) electrons. The molecule has 0 aliphatic heterocycles. The minimum atomic E-state index is -0.958. The molecule has 4 heteroatoms. The van der Waals surface area contributed by atoms with Crippen molar-refractivity contribution in [2.75, 3.05) is 0 Å². The predicted octanol–water partition coefficient (Wildman–Crippen LogP) is 1.77. The summed E-state index contributed by atoms with van der Waals surface area (Å²) in [5, 5.41) is 8.70. The first-order valence-electron chi connectivity index (χ1n) is 4.09. The molecule has 0 amide bonds. The summed E-state index contributed by atoms with van der Waals surface area (Å²) in [4.78, 5) is 17.2. The van der Waals surface area contributed by atoms with E-state index in [-0.39, 0.29) is 5.69 Å². The van der Waals surface area contributed by atoms with Crippen LogP contribution in [0.15, 0.2) is 36.8 Å². The summed E-state index contributed by atoms with van der Waals surface area (Å²) >= 11 is 0. The van der Waals surface area contributed by atoms with Crippen LogP contribution in [0, 0.1) is 0 Å². The van der Waals surface area contributed by atoms with Crippen molar-refractivity contribution < 1.29 is 9.90 Å². The molecule has 0 saturated heterocycles. The number of pyridine rings is 1. The molecule has 0 saturated carbocycles. The zero-order valence-electron chi connectivity index (χ0n) is 7.27. The zero-order valence-corrected chi connectivity index (χ0v) is 7.27. The van der Waals surface area contributed by atoms with Gasteiger partial charge in [0.05, 0.1) is 0 Å². The smallest absolute Gasteiger partial charge is 0.352 e. The summed E-state index contributed by atoms with van der Waals surface area (Å²) in [5.41, 5.74) is 1.91. The van der Waals surface area contributed by atoms with Gasteiger partial charge in [0, 0.05) is 29.7 Å². The summed E-state index contributed by atoms with van der Waals surface area (Å²) in [6, 6.07) is 5.27. The molecule has 0 atom stereocenters. The Morgan fingerprint density at radius 3 is 2.86 bits per heavy atom. The minimum absolute atomic E-state index is 0.184. The van der Waals surface area contributed by atoms with Crippen molar-refractivity contribution in [3.8, 4) is 11.1 Å². The Bertz CT molecular complexity index is 448. The van der Waals surface area contributed by atoms with Gasteiger partial charge in [-0.25, -0.2) is 4.79 Å². The molecule has 2 rings (SSSR count). The highest BCUT2D eigenvalue weighted by Gasteiger charge is 2.06. The van der Waals surface area contributed by atoms with E-state index in [1.54, 1.807) is 24.7 Å². The Morgan fingerprint density at radius 2 is 2.29 bits per heavy atom. The molecule has 0 bridgehead atoms. The molecule has 70 valence electrons. The van der Waals surface area contributed by atoms with E-state index in [2.05, 4.69) is 9.97 Å². The fourth-order valence-corrected chi connectivity index (χ4v) is 1.22. The summed E-state index contributed by atoms with van der Waals surface area (Å²) < 4.78 is 0. The lowest BCUT2D eigenvalue weighted by Gasteiger charge is -1.93. The first kappa shape index (κ1) is 8.50. The molecular weight excluding hydrogens is 180 g/mol. The zero-order chi connectivity index (χ0) is 9.97. The van der Waals surface area contributed by atoms with Crippen molar-refractivity contribution in [1.82, 2.24) is 9.97 Å². The number of aromatic nitrogens is 2. The molecule has 14 heavy (non-hydrogen) atoms. The second-order valence-electron chi connectivity index (χ2n) is 2.85. The lowest BCUT2D eigenvalue weighted by Crippen LogP contribution is -1.94. The van der Waals surface area contributed by atoms with Gasteiger partial charge in [0.1, 0.15) is 5.69 Å². The molecule has 2 heterocycles. The van der Waals surface area contributed by atoms with Crippen LogP contribution in [0.25, 0.3) is 11.1 Å². The fourth-order valence-electron chi connectivity index (χ4n) is 1.22. The second kappa shape index (κ2) is 3.33. The van der Waals surface area contributed by atoms with Crippen LogP contribution < -0.4 is 0 Å². The predicted molar refractivity (Wildman–Crippen MR) is 51.0 cm³/mol. The molecule has 0 aliphatic carbocycles. The molecule has 0 aromatic carbocycles. The highest BCUT2D eigenvalue weighted by molar-refractivity contribution is 5.87. The molecule has 0 unspecified atom stereocenters. The van der Waals surface area contributed by atoms with E-state index in [0.29, 0.717) is 0 Å². The van der Waals surface area contributed by atoms with Crippen molar-refractivity contribution in [2.24, 2.45) is 0 Å². The number of hydrogen-bond donors (Lipinski definition) is 2. The number of nitrogens with zero attached hydrogens (tertiary/aromatic N) is 1. The first-order chi connectivity index (χ1) is 6.77. The van der Waals surface area contributed by atoms with E-state index in [9.17, 15) is 4.79 Å². The molecule has 2 N–H and O–H groups in total. The van der Waals surface area contributed by atoms with Crippen LogP contribution in [0.3, 0.4) is 0 Å². The van der Waals surface area contributed by atoms with Gasteiger partial charge in [0.25, 0.3) is 0 Å². The largest absolute Gasteiger partial charge is 0.477 e. The number of carboxylic acid groups (broad SMARTS) is 1. The van der Waals surface area contributed by atoms with Crippen LogP contribution in [-0.4, -0.2) is 21.0 Å². The number of hydrogen-bond acceptors (Lipinski definition) is 2. The van der Waals surface area contributed by atoms with E-state index in [1.807, 2.05) is 12.1 Å². The van der Waals surface area contributed by atoms with Crippen LogP contribution >= 0.6 is 0 Å². The van der Waals surface area contributed by atoms with E-state index in [4.69, 9.17) is 5.11 Å². The van der Waals surface area contributed by atoms with Crippen molar-refractivity contribution >= 4 is 5.97 Å². The van der Waals surface area contributed by atoms with E-state index in [1.165, 1.54) is 0 Å². The lowest BCUT2D eigenvalue weighted by atomic mass is 10.1. The summed E-state index contributed by atoms with van der Waals surface area (Å²) in [6.07, 6.45) is 5.02. The van der Waals surface area contributed by atoms with Gasteiger partial charge in [0.2, 0.25) is 0 Å². The quantitative estimate of drug-likeness (QED) is 0.754. The van der Waals surface area contributed by atoms with Crippen LogP contribution in [0.2, 0.25) is 0 Å². The Hall–Kier alpha value is -2.10. The van der Waals surface area contributed by atoms with Crippen LogP contribution in [0.1, 0.15) is 10.5 Å². The molecule has 4 nitrogen and oxygen atoms in total. The molecule has 0 spiro atoms. The summed E-state index contributed by atoms with van der Waals surface area (Å²) in [7, 11) is 0. The number of rotatable bonds is 2. The second-order valence-corrected chi connectivity index (χ2v) is 2.85. The Morgan fingerprint density at radius 1 is 1.43 bits per heavy atom. The van der Waals surface area contributed by atoms with Gasteiger partial charge in [-0.1, -0.05) is 6.07 Å². The van der Waals surface area contributed by atoms with E-state index >= 15 is 0 Å². The monoisotopic (exact) mass is 188 g/mol. The third-order valence-electron chi connectivity index (χ3n) is 1.91. The van der Waals surface area contributed by atoms with Crippen molar-refractivity contribution in [2.45, 2.75) is 0 Å². The van der Waals surface area contributed by atoms with Gasteiger partial charge in [-0.3, -0.25) is 4.98 Å². The maximum Gasteiger partial charge on any atom is 0.352 e.